The zero-order valence-corrected chi connectivity index (χ0v) is 12.5. The Morgan fingerprint density at radius 2 is 2.26 bits per heavy atom. The first kappa shape index (κ1) is 14.5. The van der Waals surface area contributed by atoms with Gasteiger partial charge in [0.1, 0.15) is 5.69 Å². The highest BCUT2D eigenvalue weighted by Crippen LogP contribution is 2.24. The van der Waals surface area contributed by atoms with E-state index in [0.29, 0.717) is 24.1 Å². The Morgan fingerprint density at radius 3 is 2.89 bits per heavy atom. The summed E-state index contributed by atoms with van der Waals surface area (Å²) in [7, 11) is 0. The van der Waals surface area contributed by atoms with Gasteiger partial charge in [0.15, 0.2) is 0 Å². The molecule has 2 atom stereocenters. The number of rotatable bonds is 4. The zero-order chi connectivity index (χ0) is 13.8. The molecule has 2 unspecified atom stereocenters. The number of hydrogen-bond acceptors (Lipinski definition) is 4. The predicted octanol–water partition coefficient (Wildman–Crippen LogP) is 2.51. The van der Waals surface area contributed by atoms with Gasteiger partial charge in [-0.15, -0.1) is 11.3 Å². The van der Waals surface area contributed by atoms with Gasteiger partial charge in [-0.1, -0.05) is 26.7 Å². The van der Waals surface area contributed by atoms with Gasteiger partial charge >= 0.3 is 0 Å². The number of amides is 1. The number of nitrogens with two attached hydrogens (primary N) is 1. The monoisotopic (exact) mass is 281 g/mol. The molecule has 0 aliphatic heterocycles. The Labute approximate surface area is 118 Å². The molecule has 0 aromatic carbocycles. The third-order valence-electron chi connectivity index (χ3n) is 3.78. The van der Waals surface area contributed by atoms with E-state index in [1.54, 1.807) is 11.3 Å². The topological polar surface area (TPSA) is 68.0 Å². The van der Waals surface area contributed by atoms with Gasteiger partial charge in [0.05, 0.1) is 5.01 Å². The molecule has 5 heteroatoms. The minimum Gasteiger partial charge on any atom is -0.348 e. The van der Waals surface area contributed by atoms with Gasteiger partial charge in [0, 0.05) is 17.3 Å². The lowest BCUT2D eigenvalue weighted by molar-refractivity contribution is 0.0903. The van der Waals surface area contributed by atoms with E-state index < -0.39 is 0 Å². The van der Waals surface area contributed by atoms with Crippen molar-refractivity contribution in [1.29, 1.82) is 0 Å². The van der Waals surface area contributed by atoms with Crippen LogP contribution < -0.4 is 11.1 Å². The maximum absolute atomic E-state index is 12.2. The smallest absolute Gasteiger partial charge is 0.270 e. The first-order valence-electron chi connectivity index (χ1n) is 7.08. The van der Waals surface area contributed by atoms with Gasteiger partial charge in [-0.3, -0.25) is 4.79 Å². The number of thiazole rings is 1. The Balaban J connectivity index is 1.99. The summed E-state index contributed by atoms with van der Waals surface area (Å²) in [5.74, 6) is 0.743. The molecule has 1 aromatic heterocycles. The van der Waals surface area contributed by atoms with E-state index in [-0.39, 0.29) is 11.9 Å². The molecule has 0 radical (unpaired) electrons. The molecule has 1 saturated carbocycles. The Hall–Kier alpha value is -0.940. The zero-order valence-electron chi connectivity index (χ0n) is 11.7. The SMILES string of the molecule is CC(C)c1nc(C(=O)NC2CCCCC2CN)cs1. The van der Waals surface area contributed by atoms with Crippen molar-refractivity contribution in [3.05, 3.63) is 16.1 Å². The summed E-state index contributed by atoms with van der Waals surface area (Å²) in [6.07, 6.45) is 4.56. The number of carbonyl (C=O) groups excluding carboxylic acids is 1. The molecular weight excluding hydrogens is 258 g/mol. The third-order valence-corrected chi connectivity index (χ3v) is 4.92. The number of nitrogens with zero attached hydrogens (tertiary/aromatic N) is 1. The lowest BCUT2D eigenvalue weighted by Crippen LogP contribution is -2.44. The van der Waals surface area contributed by atoms with Crippen LogP contribution in [0.1, 0.15) is 60.9 Å². The second-order valence-corrected chi connectivity index (χ2v) is 6.48. The second-order valence-electron chi connectivity index (χ2n) is 5.59. The van der Waals surface area contributed by atoms with Crippen LogP contribution in [0.25, 0.3) is 0 Å². The predicted molar refractivity (Wildman–Crippen MR) is 78.5 cm³/mol. The molecule has 1 aromatic rings. The van der Waals surface area contributed by atoms with Crippen molar-refractivity contribution in [2.75, 3.05) is 6.54 Å². The molecule has 19 heavy (non-hydrogen) atoms. The average molecular weight is 281 g/mol. The quantitative estimate of drug-likeness (QED) is 0.891. The molecule has 3 N–H and O–H groups in total. The molecule has 4 nitrogen and oxygen atoms in total. The van der Waals surface area contributed by atoms with E-state index in [1.807, 2.05) is 5.38 Å². The second kappa shape index (κ2) is 6.48. The summed E-state index contributed by atoms with van der Waals surface area (Å²) in [4.78, 5) is 16.6. The highest BCUT2D eigenvalue weighted by molar-refractivity contribution is 7.09. The third kappa shape index (κ3) is 3.54. The van der Waals surface area contributed by atoms with Crippen molar-refractivity contribution in [3.8, 4) is 0 Å². The Bertz CT molecular complexity index is 430. The summed E-state index contributed by atoms with van der Waals surface area (Å²) >= 11 is 1.56. The Morgan fingerprint density at radius 1 is 1.53 bits per heavy atom. The normalized spacial score (nSPS) is 23.6. The number of hydrogen-bond donors (Lipinski definition) is 2. The summed E-state index contributed by atoms with van der Waals surface area (Å²) in [5, 5.41) is 5.98. The lowest BCUT2D eigenvalue weighted by Gasteiger charge is -2.31. The van der Waals surface area contributed by atoms with E-state index in [0.717, 1.165) is 17.8 Å². The van der Waals surface area contributed by atoms with Gasteiger partial charge in [0.2, 0.25) is 0 Å². The van der Waals surface area contributed by atoms with Gasteiger partial charge in [-0.2, -0.15) is 0 Å². The highest BCUT2D eigenvalue weighted by atomic mass is 32.1. The molecule has 0 saturated heterocycles. The fourth-order valence-corrected chi connectivity index (χ4v) is 3.39. The minimum atomic E-state index is -0.0477. The van der Waals surface area contributed by atoms with E-state index in [4.69, 9.17) is 5.73 Å². The van der Waals surface area contributed by atoms with Gasteiger partial charge in [-0.05, 0) is 25.3 Å². The molecule has 1 heterocycles. The average Bonchev–Trinajstić information content (AvgIpc) is 2.89. The largest absolute Gasteiger partial charge is 0.348 e. The molecule has 1 fully saturated rings. The van der Waals surface area contributed by atoms with E-state index in [2.05, 4.69) is 24.1 Å². The minimum absolute atomic E-state index is 0.0477. The van der Waals surface area contributed by atoms with Crippen LogP contribution in [-0.4, -0.2) is 23.5 Å². The molecule has 1 aliphatic carbocycles. The number of nitrogens with one attached hydrogen (secondary N) is 1. The highest BCUT2D eigenvalue weighted by Gasteiger charge is 2.26. The van der Waals surface area contributed by atoms with Crippen molar-refractivity contribution in [1.82, 2.24) is 10.3 Å². The summed E-state index contributed by atoms with van der Waals surface area (Å²) < 4.78 is 0. The standard InChI is InChI=1S/C14H23N3OS/c1-9(2)14-17-12(8-19-14)13(18)16-11-6-4-3-5-10(11)7-15/h8-11H,3-7,15H2,1-2H3,(H,16,18). The molecular formula is C14H23N3OS. The lowest BCUT2D eigenvalue weighted by atomic mass is 9.84. The van der Waals surface area contributed by atoms with Crippen molar-refractivity contribution < 1.29 is 4.79 Å². The number of aromatic nitrogens is 1. The first-order valence-corrected chi connectivity index (χ1v) is 7.96. The summed E-state index contributed by atoms with van der Waals surface area (Å²) in [5.41, 5.74) is 6.34. The molecule has 2 rings (SSSR count). The maximum atomic E-state index is 12.2. The Kier molecular flexibility index (Phi) is 4.93. The van der Waals surface area contributed by atoms with Gasteiger partial charge in [-0.25, -0.2) is 4.98 Å². The molecule has 1 aliphatic rings. The van der Waals surface area contributed by atoms with Crippen LogP contribution in [0.15, 0.2) is 5.38 Å². The van der Waals surface area contributed by atoms with Crippen LogP contribution in [0.5, 0.6) is 0 Å². The van der Waals surface area contributed by atoms with Gasteiger partial charge < -0.3 is 11.1 Å². The van der Waals surface area contributed by atoms with Gasteiger partial charge in [0.25, 0.3) is 5.91 Å². The fraction of sp³-hybridized carbons (Fsp3) is 0.714. The molecule has 0 bridgehead atoms. The van der Waals surface area contributed by atoms with E-state index in [9.17, 15) is 4.79 Å². The van der Waals surface area contributed by atoms with Crippen molar-refractivity contribution in [2.24, 2.45) is 11.7 Å². The fourth-order valence-electron chi connectivity index (χ4n) is 2.58. The van der Waals surface area contributed by atoms with Crippen molar-refractivity contribution in [2.45, 2.75) is 51.5 Å². The van der Waals surface area contributed by atoms with Crippen LogP contribution in [0.3, 0.4) is 0 Å². The van der Waals surface area contributed by atoms with Crippen LogP contribution in [0.4, 0.5) is 0 Å². The molecule has 1 amide bonds. The molecule has 106 valence electrons. The van der Waals surface area contributed by atoms with Crippen LogP contribution in [-0.2, 0) is 0 Å². The molecule has 0 spiro atoms. The van der Waals surface area contributed by atoms with Crippen LogP contribution in [0.2, 0.25) is 0 Å². The van der Waals surface area contributed by atoms with E-state index >= 15 is 0 Å². The van der Waals surface area contributed by atoms with E-state index in [1.165, 1.54) is 12.8 Å². The first-order chi connectivity index (χ1) is 9.11. The van der Waals surface area contributed by atoms with Crippen LogP contribution in [0, 0.1) is 5.92 Å². The summed E-state index contributed by atoms with van der Waals surface area (Å²) in [6.45, 7) is 4.83. The van der Waals surface area contributed by atoms with Crippen LogP contribution >= 0.6 is 11.3 Å². The summed E-state index contributed by atoms with van der Waals surface area (Å²) in [6, 6.07) is 0.218. The van der Waals surface area contributed by atoms with Crippen molar-refractivity contribution in [3.63, 3.8) is 0 Å². The van der Waals surface area contributed by atoms with Crippen molar-refractivity contribution >= 4 is 17.2 Å². The number of carbonyl (C=O) groups is 1. The maximum Gasteiger partial charge on any atom is 0.270 e.